The maximum Gasteiger partial charge on any atom is 0.222 e. The van der Waals surface area contributed by atoms with Crippen LogP contribution < -0.4 is 5.32 Å². The minimum absolute atomic E-state index is 0.0687. The van der Waals surface area contributed by atoms with Crippen molar-refractivity contribution in [1.82, 2.24) is 14.9 Å². The van der Waals surface area contributed by atoms with Gasteiger partial charge in [0.1, 0.15) is 5.15 Å². The molecule has 0 aliphatic rings. The summed E-state index contributed by atoms with van der Waals surface area (Å²) in [7, 11) is 0. The van der Waals surface area contributed by atoms with Gasteiger partial charge in [-0.15, -0.1) is 0 Å². The molecule has 1 aromatic heterocycles. The molecule has 0 bridgehead atoms. The second-order valence-corrected chi connectivity index (χ2v) is 5.33. The summed E-state index contributed by atoms with van der Waals surface area (Å²) in [5.74, 6) is -0.0687. The zero-order chi connectivity index (χ0) is 14.5. The topological polar surface area (TPSA) is 46.9 Å². The summed E-state index contributed by atoms with van der Waals surface area (Å²) in [6, 6.07) is 7.32. The number of halogens is 3. The Morgan fingerprint density at radius 2 is 1.90 bits per heavy atom. The molecule has 0 saturated carbocycles. The number of nitrogens with zero attached hydrogens (tertiary/aromatic N) is 2. The molecule has 0 fully saturated rings. The van der Waals surface area contributed by atoms with Crippen molar-refractivity contribution in [3.63, 3.8) is 0 Å². The average molecular weight is 333 g/mol. The fraction of sp³-hybridized carbons (Fsp3) is 0.231. The average Bonchev–Trinajstić information content (AvgIpc) is 2.76. The van der Waals surface area contributed by atoms with Crippen molar-refractivity contribution in [2.75, 3.05) is 0 Å². The number of hydrogen-bond donors (Lipinski definition) is 1. The molecule has 0 unspecified atom stereocenters. The smallest absolute Gasteiger partial charge is 0.222 e. The predicted molar refractivity (Wildman–Crippen MR) is 80.2 cm³/mol. The van der Waals surface area contributed by atoms with E-state index in [1.54, 1.807) is 16.7 Å². The van der Waals surface area contributed by atoms with Gasteiger partial charge in [0, 0.05) is 24.5 Å². The van der Waals surface area contributed by atoms with Gasteiger partial charge in [0.2, 0.25) is 5.91 Å². The Balaban J connectivity index is 1.78. The highest BCUT2D eigenvalue weighted by Crippen LogP contribution is 2.19. The zero-order valence-corrected chi connectivity index (χ0v) is 12.7. The van der Waals surface area contributed by atoms with Crippen LogP contribution in [0.25, 0.3) is 0 Å². The second kappa shape index (κ2) is 6.97. The molecule has 7 heteroatoms. The normalized spacial score (nSPS) is 10.6. The first-order valence-corrected chi connectivity index (χ1v) is 7.07. The first kappa shape index (κ1) is 15.2. The molecule has 0 radical (unpaired) electrons. The number of carbonyl (C=O) groups excluding carboxylic acids is 1. The van der Waals surface area contributed by atoms with E-state index in [9.17, 15) is 4.79 Å². The van der Waals surface area contributed by atoms with Crippen LogP contribution in [0.2, 0.25) is 15.3 Å². The molecule has 0 aliphatic heterocycles. The van der Waals surface area contributed by atoms with Gasteiger partial charge >= 0.3 is 0 Å². The van der Waals surface area contributed by atoms with E-state index in [4.69, 9.17) is 34.8 Å². The van der Waals surface area contributed by atoms with Gasteiger partial charge in [-0.2, -0.15) is 0 Å². The van der Waals surface area contributed by atoms with E-state index in [1.807, 2.05) is 12.1 Å². The Morgan fingerprint density at radius 3 is 2.50 bits per heavy atom. The third-order valence-corrected chi connectivity index (χ3v) is 3.74. The second-order valence-electron chi connectivity index (χ2n) is 4.17. The van der Waals surface area contributed by atoms with E-state index in [0.717, 1.165) is 5.56 Å². The van der Waals surface area contributed by atoms with E-state index in [0.29, 0.717) is 29.7 Å². The molecule has 106 valence electrons. The first-order chi connectivity index (χ1) is 9.56. The molecule has 20 heavy (non-hydrogen) atoms. The molecular formula is C13H12Cl3N3O. The molecule has 0 atom stereocenters. The number of aryl methyl sites for hydroxylation is 1. The van der Waals surface area contributed by atoms with Gasteiger partial charge in [0.15, 0.2) is 5.15 Å². The lowest BCUT2D eigenvalue weighted by molar-refractivity contribution is -0.121. The van der Waals surface area contributed by atoms with Crippen LogP contribution in [0.3, 0.4) is 0 Å². The highest BCUT2D eigenvalue weighted by atomic mass is 35.5. The molecule has 2 aromatic rings. The highest BCUT2D eigenvalue weighted by molar-refractivity contribution is 6.40. The molecule has 1 aromatic carbocycles. The molecule has 0 saturated heterocycles. The molecule has 1 N–H and O–H groups in total. The van der Waals surface area contributed by atoms with E-state index in [-0.39, 0.29) is 11.1 Å². The van der Waals surface area contributed by atoms with E-state index < -0.39 is 0 Å². The SMILES string of the molecule is O=C(CCn1cnc(Cl)c1Cl)NCc1ccc(Cl)cc1. The van der Waals surface area contributed by atoms with Crippen LogP contribution in [0.5, 0.6) is 0 Å². The Labute approximate surface area is 131 Å². The zero-order valence-electron chi connectivity index (χ0n) is 10.4. The van der Waals surface area contributed by atoms with Crippen molar-refractivity contribution in [3.05, 3.63) is 51.5 Å². The van der Waals surface area contributed by atoms with Crippen LogP contribution in [0.1, 0.15) is 12.0 Å². The summed E-state index contributed by atoms with van der Waals surface area (Å²) in [6.07, 6.45) is 1.82. The summed E-state index contributed by atoms with van der Waals surface area (Å²) < 4.78 is 1.63. The van der Waals surface area contributed by atoms with Crippen molar-refractivity contribution in [2.45, 2.75) is 19.5 Å². The van der Waals surface area contributed by atoms with Gasteiger partial charge < -0.3 is 9.88 Å². The Morgan fingerprint density at radius 1 is 1.20 bits per heavy atom. The summed E-state index contributed by atoms with van der Waals surface area (Å²) in [5.41, 5.74) is 0.992. The van der Waals surface area contributed by atoms with Gasteiger partial charge in [0.05, 0.1) is 6.33 Å². The van der Waals surface area contributed by atoms with Crippen LogP contribution in [0, 0.1) is 0 Å². The minimum atomic E-state index is -0.0687. The van der Waals surface area contributed by atoms with Gasteiger partial charge in [-0.3, -0.25) is 4.79 Å². The van der Waals surface area contributed by atoms with E-state index >= 15 is 0 Å². The maximum atomic E-state index is 11.7. The van der Waals surface area contributed by atoms with E-state index in [1.165, 1.54) is 6.33 Å². The molecular weight excluding hydrogens is 321 g/mol. The number of rotatable bonds is 5. The lowest BCUT2D eigenvalue weighted by Crippen LogP contribution is -2.23. The Hall–Kier alpha value is -1.23. The third-order valence-electron chi connectivity index (χ3n) is 2.72. The highest BCUT2D eigenvalue weighted by Gasteiger charge is 2.08. The molecule has 1 amide bonds. The summed E-state index contributed by atoms with van der Waals surface area (Å²) in [5, 5.41) is 4.08. The van der Waals surface area contributed by atoms with Gasteiger partial charge in [0.25, 0.3) is 0 Å². The van der Waals surface area contributed by atoms with Crippen molar-refractivity contribution in [2.24, 2.45) is 0 Å². The monoisotopic (exact) mass is 331 g/mol. The van der Waals surface area contributed by atoms with Crippen molar-refractivity contribution >= 4 is 40.7 Å². The number of aromatic nitrogens is 2. The van der Waals surface area contributed by atoms with Crippen LogP contribution in [-0.4, -0.2) is 15.5 Å². The molecule has 4 nitrogen and oxygen atoms in total. The van der Waals surface area contributed by atoms with Crippen molar-refractivity contribution in [3.8, 4) is 0 Å². The van der Waals surface area contributed by atoms with Crippen LogP contribution >= 0.6 is 34.8 Å². The van der Waals surface area contributed by atoms with Gasteiger partial charge in [-0.25, -0.2) is 4.98 Å². The molecule has 2 rings (SSSR count). The number of hydrogen-bond acceptors (Lipinski definition) is 2. The third kappa shape index (κ3) is 4.13. The van der Waals surface area contributed by atoms with E-state index in [2.05, 4.69) is 10.3 Å². The maximum absolute atomic E-state index is 11.7. The molecule has 0 spiro atoms. The first-order valence-electron chi connectivity index (χ1n) is 5.93. The van der Waals surface area contributed by atoms with Crippen LogP contribution in [0.15, 0.2) is 30.6 Å². The summed E-state index contributed by atoms with van der Waals surface area (Å²) in [4.78, 5) is 15.6. The van der Waals surface area contributed by atoms with Crippen LogP contribution in [0.4, 0.5) is 0 Å². The predicted octanol–water partition coefficient (Wildman–Crippen LogP) is 3.55. The summed E-state index contributed by atoms with van der Waals surface area (Å²) in [6.45, 7) is 0.902. The van der Waals surface area contributed by atoms with Gasteiger partial charge in [-0.05, 0) is 17.7 Å². The fourth-order valence-electron chi connectivity index (χ4n) is 1.61. The lowest BCUT2D eigenvalue weighted by atomic mass is 10.2. The minimum Gasteiger partial charge on any atom is -0.352 e. The van der Waals surface area contributed by atoms with Crippen LogP contribution in [-0.2, 0) is 17.9 Å². The number of imidazole rings is 1. The van der Waals surface area contributed by atoms with Gasteiger partial charge in [-0.1, -0.05) is 46.9 Å². The van der Waals surface area contributed by atoms with Crippen molar-refractivity contribution in [1.29, 1.82) is 0 Å². The molecule has 1 heterocycles. The quantitative estimate of drug-likeness (QED) is 0.910. The fourth-order valence-corrected chi connectivity index (χ4v) is 2.07. The largest absolute Gasteiger partial charge is 0.352 e. The lowest BCUT2D eigenvalue weighted by Gasteiger charge is -2.06. The van der Waals surface area contributed by atoms with Crippen molar-refractivity contribution < 1.29 is 4.79 Å². The number of nitrogens with one attached hydrogen (secondary N) is 1. The Kier molecular flexibility index (Phi) is 5.29. The summed E-state index contributed by atoms with van der Waals surface area (Å²) >= 11 is 17.4. The molecule has 0 aliphatic carbocycles. The Bertz CT molecular complexity index is 595. The number of benzene rings is 1. The standard InChI is InChI=1S/C13H12Cl3N3O/c14-10-3-1-9(2-4-10)7-17-11(20)5-6-19-8-18-12(15)13(19)16/h1-4,8H,5-7H2,(H,17,20). The number of amides is 1. The number of carbonyl (C=O) groups is 1.